The highest BCUT2D eigenvalue weighted by atomic mass is 35.5. The zero-order valence-electron chi connectivity index (χ0n) is 10.5. The van der Waals surface area contributed by atoms with Crippen LogP contribution < -0.4 is 16.6 Å². The summed E-state index contributed by atoms with van der Waals surface area (Å²) in [5.41, 5.74) is 2.27. The van der Waals surface area contributed by atoms with E-state index in [0.717, 1.165) is 0 Å². The topological polar surface area (TPSA) is 84.2 Å². The fourth-order valence-corrected chi connectivity index (χ4v) is 2.01. The normalized spacial score (nSPS) is 12.1. The van der Waals surface area contributed by atoms with E-state index in [0.29, 0.717) is 5.02 Å². The maximum absolute atomic E-state index is 12.1. The van der Waals surface area contributed by atoms with Gasteiger partial charge in [0.05, 0.1) is 10.6 Å². The Morgan fingerprint density at radius 2 is 1.89 bits per heavy atom. The number of nitrogens with two attached hydrogens (primary N) is 1. The number of rotatable bonds is 4. The van der Waals surface area contributed by atoms with Crippen LogP contribution in [0.4, 0.5) is 0 Å². The molecule has 0 radical (unpaired) electrons. The van der Waals surface area contributed by atoms with E-state index in [1.165, 1.54) is 12.1 Å². The molecule has 0 fully saturated rings. The summed E-state index contributed by atoms with van der Waals surface area (Å²) in [5.74, 6) is 4.05. The zero-order chi connectivity index (χ0) is 14.6. The van der Waals surface area contributed by atoms with Gasteiger partial charge in [-0.1, -0.05) is 37.0 Å². The molecule has 0 aliphatic carbocycles. The summed E-state index contributed by atoms with van der Waals surface area (Å²) < 4.78 is 0. The maximum atomic E-state index is 12.1. The number of hydrogen-bond acceptors (Lipinski definition) is 3. The van der Waals surface area contributed by atoms with Gasteiger partial charge in [-0.15, -0.1) is 0 Å². The molecule has 0 aliphatic heterocycles. The van der Waals surface area contributed by atoms with Gasteiger partial charge in [-0.2, -0.15) is 0 Å². The molecule has 0 saturated carbocycles. The first-order chi connectivity index (χ1) is 8.86. The third-order valence-corrected chi connectivity index (χ3v) is 3.10. The van der Waals surface area contributed by atoms with E-state index < -0.39 is 17.9 Å². The summed E-state index contributed by atoms with van der Waals surface area (Å²) in [6.45, 7) is 3.59. The van der Waals surface area contributed by atoms with Gasteiger partial charge >= 0.3 is 0 Å². The summed E-state index contributed by atoms with van der Waals surface area (Å²) in [6.07, 6.45) is 0. The minimum atomic E-state index is -0.732. The number of nitrogens with one attached hydrogen (secondary N) is 2. The van der Waals surface area contributed by atoms with Crippen molar-refractivity contribution < 1.29 is 9.59 Å². The molecule has 0 saturated heterocycles. The molecule has 0 aromatic heterocycles. The summed E-state index contributed by atoms with van der Waals surface area (Å²) in [7, 11) is 0. The Labute approximate surface area is 121 Å². The van der Waals surface area contributed by atoms with Crippen molar-refractivity contribution in [1.82, 2.24) is 10.7 Å². The third-order valence-electron chi connectivity index (χ3n) is 2.55. The first-order valence-corrected chi connectivity index (χ1v) is 6.38. The highest BCUT2D eigenvalue weighted by Gasteiger charge is 2.24. The van der Waals surface area contributed by atoms with Crippen molar-refractivity contribution >= 4 is 35.0 Å². The van der Waals surface area contributed by atoms with Crippen molar-refractivity contribution in [1.29, 1.82) is 0 Å². The first-order valence-electron chi connectivity index (χ1n) is 5.63. The number of carbonyl (C=O) groups is 2. The van der Waals surface area contributed by atoms with E-state index in [2.05, 4.69) is 5.32 Å². The second kappa shape index (κ2) is 6.75. The standard InChI is InChI=1S/C12H15Cl2N3O2/c1-6(2)10(12(19)17-15)16-11(18)8-4-3-7(13)5-9(8)14/h3-6,10H,15H2,1-2H3,(H,16,18)(H,17,19)/t10-/m1/s1. The molecule has 0 unspecified atom stereocenters. The molecule has 1 aromatic carbocycles. The lowest BCUT2D eigenvalue weighted by molar-refractivity contribution is -0.124. The Morgan fingerprint density at radius 3 is 2.37 bits per heavy atom. The molecule has 1 atom stereocenters. The summed E-state index contributed by atoms with van der Waals surface area (Å²) >= 11 is 11.7. The van der Waals surface area contributed by atoms with Gasteiger partial charge in [-0.05, 0) is 24.1 Å². The average molecular weight is 304 g/mol. The quantitative estimate of drug-likeness (QED) is 0.450. The van der Waals surface area contributed by atoms with Crippen molar-refractivity contribution in [3.63, 3.8) is 0 Å². The van der Waals surface area contributed by atoms with Crippen LogP contribution in [0.25, 0.3) is 0 Å². The van der Waals surface area contributed by atoms with Crippen LogP contribution in [0.5, 0.6) is 0 Å². The summed E-state index contributed by atoms with van der Waals surface area (Å²) in [5, 5.41) is 3.24. The molecule has 4 N–H and O–H groups in total. The van der Waals surface area contributed by atoms with Crippen molar-refractivity contribution in [2.24, 2.45) is 11.8 Å². The summed E-state index contributed by atoms with van der Waals surface area (Å²) in [4.78, 5) is 23.6. The second-order valence-corrected chi connectivity index (χ2v) is 5.17. The van der Waals surface area contributed by atoms with Gasteiger partial charge in [0.2, 0.25) is 0 Å². The van der Waals surface area contributed by atoms with Crippen LogP contribution in [0.15, 0.2) is 18.2 Å². The molecular weight excluding hydrogens is 289 g/mol. The van der Waals surface area contributed by atoms with Gasteiger partial charge in [-0.25, -0.2) is 5.84 Å². The third kappa shape index (κ3) is 4.09. The molecule has 0 aliphatic rings. The highest BCUT2D eigenvalue weighted by Crippen LogP contribution is 2.21. The van der Waals surface area contributed by atoms with Crippen LogP contribution in [0, 0.1) is 5.92 Å². The Hall–Kier alpha value is -1.30. The van der Waals surface area contributed by atoms with Crippen LogP contribution in [0.2, 0.25) is 10.0 Å². The van der Waals surface area contributed by atoms with E-state index in [-0.39, 0.29) is 16.5 Å². The largest absolute Gasteiger partial charge is 0.340 e. The highest BCUT2D eigenvalue weighted by molar-refractivity contribution is 6.36. The maximum Gasteiger partial charge on any atom is 0.256 e. The average Bonchev–Trinajstić information content (AvgIpc) is 2.34. The number of amides is 2. The van der Waals surface area contributed by atoms with Crippen LogP contribution in [0.3, 0.4) is 0 Å². The monoisotopic (exact) mass is 303 g/mol. The van der Waals surface area contributed by atoms with E-state index >= 15 is 0 Å². The zero-order valence-corrected chi connectivity index (χ0v) is 12.0. The van der Waals surface area contributed by atoms with Crippen molar-refractivity contribution in [2.75, 3.05) is 0 Å². The van der Waals surface area contributed by atoms with Gasteiger partial charge in [0.15, 0.2) is 0 Å². The number of hydrazine groups is 1. The van der Waals surface area contributed by atoms with Crippen LogP contribution in [-0.2, 0) is 4.79 Å². The van der Waals surface area contributed by atoms with Gasteiger partial charge in [0.25, 0.3) is 11.8 Å². The molecule has 1 rings (SSSR count). The van der Waals surface area contributed by atoms with Gasteiger partial charge in [0.1, 0.15) is 6.04 Å². The van der Waals surface area contributed by atoms with E-state index in [4.69, 9.17) is 29.0 Å². The molecule has 1 aromatic rings. The Morgan fingerprint density at radius 1 is 1.26 bits per heavy atom. The minimum Gasteiger partial charge on any atom is -0.340 e. The Kier molecular flexibility index (Phi) is 5.60. The molecule has 0 spiro atoms. The molecule has 19 heavy (non-hydrogen) atoms. The predicted octanol–water partition coefficient (Wildman–Crippen LogP) is 1.74. The van der Waals surface area contributed by atoms with Gasteiger partial charge < -0.3 is 5.32 Å². The van der Waals surface area contributed by atoms with E-state index in [9.17, 15) is 9.59 Å². The second-order valence-electron chi connectivity index (χ2n) is 4.33. The number of hydrogen-bond donors (Lipinski definition) is 3. The van der Waals surface area contributed by atoms with E-state index in [1.54, 1.807) is 19.9 Å². The number of halogens is 2. The lowest BCUT2D eigenvalue weighted by atomic mass is 10.0. The Bertz CT molecular complexity index is 492. The van der Waals surface area contributed by atoms with Crippen LogP contribution >= 0.6 is 23.2 Å². The molecule has 2 amide bonds. The van der Waals surface area contributed by atoms with E-state index in [1.807, 2.05) is 5.43 Å². The molecule has 5 nitrogen and oxygen atoms in total. The smallest absolute Gasteiger partial charge is 0.256 e. The fourth-order valence-electron chi connectivity index (χ4n) is 1.52. The minimum absolute atomic E-state index is 0.112. The van der Waals surface area contributed by atoms with Crippen molar-refractivity contribution in [3.05, 3.63) is 33.8 Å². The molecule has 7 heteroatoms. The van der Waals surface area contributed by atoms with Gasteiger partial charge in [0, 0.05) is 5.02 Å². The van der Waals surface area contributed by atoms with Gasteiger partial charge in [-0.3, -0.25) is 15.0 Å². The lowest BCUT2D eigenvalue weighted by Gasteiger charge is -2.20. The Balaban J connectivity index is 2.91. The van der Waals surface area contributed by atoms with Crippen LogP contribution in [0.1, 0.15) is 24.2 Å². The van der Waals surface area contributed by atoms with Crippen molar-refractivity contribution in [3.8, 4) is 0 Å². The van der Waals surface area contributed by atoms with Crippen LogP contribution in [-0.4, -0.2) is 17.9 Å². The molecule has 0 bridgehead atoms. The predicted molar refractivity (Wildman–Crippen MR) is 74.9 cm³/mol. The summed E-state index contributed by atoms with van der Waals surface area (Å²) in [6, 6.07) is 3.78. The molecule has 104 valence electrons. The fraction of sp³-hybridized carbons (Fsp3) is 0.333. The SMILES string of the molecule is CC(C)[C@@H](NC(=O)c1ccc(Cl)cc1Cl)C(=O)NN. The number of benzene rings is 1. The number of carbonyl (C=O) groups excluding carboxylic acids is 2. The van der Waals surface area contributed by atoms with Crippen molar-refractivity contribution in [2.45, 2.75) is 19.9 Å². The molecule has 0 heterocycles. The lowest BCUT2D eigenvalue weighted by Crippen LogP contribution is -2.51. The first kappa shape index (κ1) is 15.8. The molecular formula is C12H15Cl2N3O2.